The van der Waals surface area contributed by atoms with Gasteiger partial charge in [-0.15, -0.1) is 0 Å². The molecule has 1 aliphatic rings. The van der Waals surface area contributed by atoms with Crippen molar-refractivity contribution in [3.05, 3.63) is 53.7 Å². The summed E-state index contributed by atoms with van der Waals surface area (Å²) in [5.41, 5.74) is 4.03. The summed E-state index contributed by atoms with van der Waals surface area (Å²) >= 11 is 0. The predicted octanol–water partition coefficient (Wildman–Crippen LogP) is 4.62. The van der Waals surface area contributed by atoms with Gasteiger partial charge in [0.1, 0.15) is 5.82 Å². The number of imidazole rings is 1. The third-order valence-corrected chi connectivity index (χ3v) is 4.83. The minimum Gasteiger partial charge on any atom is -0.432 e. The van der Waals surface area contributed by atoms with Crippen molar-refractivity contribution < 1.29 is 22.6 Å². The van der Waals surface area contributed by atoms with Crippen molar-refractivity contribution in [1.29, 1.82) is 0 Å². The first-order valence-electron chi connectivity index (χ1n) is 9.31. The van der Waals surface area contributed by atoms with Gasteiger partial charge in [-0.2, -0.15) is 8.78 Å². The van der Waals surface area contributed by atoms with Crippen LogP contribution in [0.3, 0.4) is 0 Å². The average molecular weight is 403 g/mol. The molecule has 0 fully saturated rings. The van der Waals surface area contributed by atoms with Crippen LogP contribution in [-0.4, -0.2) is 33.9 Å². The molecular formula is C21H20F3N3O2. The lowest BCUT2D eigenvalue weighted by molar-refractivity contribution is -0.0521. The molecule has 0 saturated heterocycles. The molecule has 1 aromatic carbocycles. The lowest BCUT2D eigenvalue weighted by Crippen LogP contribution is -2.15. The molecule has 0 saturated carbocycles. The molecule has 29 heavy (non-hydrogen) atoms. The van der Waals surface area contributed by atoms with Crippen LogP contribution >= 0.6 is 0 Å². The fourth-order valence-corrected chi connectivity index (χ4v) is 3.58. The smallest absolute Gasteiger partial charge is 0.387 e. The van der Waals surface area contributed by atoms with E-state index in [1.54, 1.807) is 6.20 Å². The van der Waals surface area contributed by atoms with E-state index in [4.69, 9.17) is 9.72 Å². The van der Waals surface area contributed by atoms with Crippen LogP contribution in [0.5, 0.6) is 5.75 Å². The van der Waals surface area contributed by atoms with E-state index in [9.17, 15) is 13.2 Å². The first-order valence-corrected chi connectivity index (χ1v) is 9.31. The highest BCUT2D eigenvalue weighted by Gasteiger charge is 2.24. The summed E-state index contributed by atoms with van der Waals surface area (Å²) in [7, 11) is 0. The third kappa shape index (κ3) is 3.98. The molecular weight excluding hydrogens is 383 g/mol. The number of fused-ring (bicyclic) bond motifs is 1. The van der Waals surface area contributed by atoms with Crippen LogP contribution in [0.25, 0.3) is 22.6 Å². The molecule has 4 rings (SSSR count). The lowest BCUT2D eigenvalue weighted by Gasteiger charge is -2.13. The zero-order valence-corrected chi connectivity index (χ0v) is 16.0. The first-order chi connectivity index (χ1) is 13.9. The topological polar surface area (TPSA) is 49.2 Å². The average Bonchev–Trinajstić information content (AvgIpc) is 2.90. The first kappa shape index (κ1) is 19.4. The van der Waals surface area contributed by atoms with Gasteiger partial charge in [0.25, 0.3) is 0 Å². The van der Waals surface area contributed by atoms with E-state index in [0.717, 1.165) is 28.7 Å². The minimum atomic E-state index is -3.11. The van der Waals surface area contributed by atoms with Gasteiger partial charge in [-0.3, -0.25) is 4.98 Å². The molecule has 3 aromatic rings. The highest BCUT2D eigenvalue weighted by Crippen LogP contribution is 2.34. The van der Waals surface area contributed by atoms with Crippen molar-refractivity contribution in [2.24, 2.45) is 0 Å². The second-order valence-electron chi connectivity index (χ2n) is 6.98. The van der Waals surface area contributed by atoms with Gasteiger partial charge in [0, 0.05) is 35.1 Å². The maximum Gasteiger partial charge on any atom is 0.387 e. The number of benzene rings is 1. The van der Waals surface area contributed by atoms with Gasteiger partial charge < -0.3 is 14.0 Å². The van der Waals surface area contributed by atoms with Crippen LogP contribution in [0.4, 0.5) is 13.2 Å². The highest BCUT2D eigenvalue weighted by molar-refractivity contribution is 5.69. The van der Waals surface area contributed by atoms with E-state index >= 15 is 0 Å². The molecule has 0 bridgehead atoms. The van der Waals surface area contributed by atoms with Gasteiger partial charge in [0.2, 0.25) is 0 Å². The second-order valence-corrected chi connectivity index (χ2v) is 6.98. The number of pyridine rings is 1. The molecule has 0 aliphatic carbocycles. The Morgan fingerprint density at radius 3 is 2.79 bits per heavy atom. The summed E-state index contributed by atoms with van der Waals surface area (Å²) in [5.74, 6) is -0.798. The largest absolute Gasteiger partial charge is 0.432 e. The number of hydrogen-bond donors (Lipinski definition) is 0. The Bertz CT molecular complexity index is 1040. The van der Waals surface area contributed by atoms with Gasteiger partial charge in [-0.05, 0) is 44.2 Å². The van der Waals surface area contributed by atoms with E-state index < -0.39 is 18.2 Å². The summed E-state index contributed by atoms with van der Waals surface area (Å²) < 4.78 is 51.3. The SMILES string of the molecule is Cc1cc(-c2nc(-c3ccc(F)c(OC(F)F)c3)n3c2CCO[C@H](C)C3)ccn1. The van der Waals surface area contributed by atoms with Crippen LogP contribution in [-0.2, 0) is 17.7 Å². The fourth-order valence-electron chi connectivity index (χ4n) is 3.58. The van der Waals surface area contributed by atoms with E-state index in [1.165, 1.54) is 12.1 Å². The molecule has 2 aromatic heterocycles. The fraction of sp³-hybridized carbons (Fsp3) is 0.333. The van der Waals surface area contributed by atoms with Gasteiger partial charge in [-0.25, -0.2) is 9.37 Å². The molecule has 1 atom stereocenters. The van der Waals surface area contributed by atoms with Crippen LogP contribution in [0, 0.1) is 12.7 Å². The summed E-state index contributed by atoms with van der Waals surface area (Å²) in [4.78, 5) is 9.05. The zero-order valence-electron chi connectivity index (χ0n) is 16.0. The molecule has 1 aliphatic heterocycles. The number of alkyl halides is 2. The van der Waals surface area contributed by atoms with E-state index in [0.29, 0.717) is 31.0 Å². The van der Waals surface area contributed by atoms with E-state index in [2.05, 4.69) is 9.72 Å². The number of rotatable bonds is 4. The van der Waals surface area contributed by atoms with Crippen molar-refractivity contribution in [2.75, 3.05) is 6.61 Å². The minimum absolute atomic E-state index is 0.0477. The Morgan fingerprint density at radius 2 is 2.03 bits per heavy atom. The molecule has 0 N–H and O–H groups in total. The number of aryl methyl sites for hydroxylation is 1. The summed E-state index contributed by atoms with van der Waals surface area (Å²) in [6.07, 6.45) is 2.32. The van der Waals surface area contributed by atoms with E-state index in [-0.39, 0.29) is 6.10 Å². The quantitative estimate of drug-likeness (QED) is 0.638. The number of ether oxygens (including phenoxy) is 2. The third-order valence-electron chi connectivity index (χ3n) is 4.83. The molecule has 8 heteroatoms. The summed E-state index contributed by atoms with van der Waals surface area (Å²) in [6.45, 7) is 1.85. The maximum atomic E-state index is 13.9. The second kappa shape index (κ2) is 7.87. The Hall–Kier alpha value is -2.87. The summed E-state index contributed by atoms with van der Waals surface area (Å²) in [5, 5.41) is 0. The summed E-state index contributed by atoms with van der Waals surface area (Å²) in [6, 6.07) is 7.71. The number of hydrogen-bond acceptors (Lipinski definition) is 4. The molecule has 0 spiro atoms. The van der Waals surface area contributed by atoms with Crippen molar-refractivity contribution in [3.63, 3.8) is 0 Å². The number of aromatic nitrogens is 3. The van der Waals surface area contributed by atoms with Gasteiger partial charge >= 0.3 is 6.61 Å². The van der Waals surface area contributed by atoms with Crippen molar-refractivity contribution in [2.45, 2.75) is 39.5 Å². The van der Waals surface area contributed by atoms with Gasteiger partial charge in [-0.1, -0.05) is 0 Å². The van der Waals surface area contributed by atoms with Crippen LogP contribution in [0.2, 0.25) is 0 Å². The molecule has 152 valence electrons. The monoisotopic (exact) mass is 403 g/mol. The Kier molecular flexibility index (Phi) is 5.27. The van der Waals surface area contributed by atoms with Gasteiger partial charge in [0.15, 0.2) is 11.6 Å². The van der Waals surface area contributed by atoms with Crippen molar-refractivity contribution in [3.8, 4) is 28.4 Å². The number of halogens is 3. The predicted molar refractivity (Wildman–Crippen MR) is 101 cm³/mol. The molecule has 0 unspecified atom stereocenters. The molecule has 5 nitrogen and oxygen atoms in total. The molecule has 3 heterocycles. The Morgan fingerprint density at radius 1 is 1.21 bits per heavy atom. The normalized spacial score (nSPS) is 16.6. The Labute approximate surface area is 166 Å². The highest BCUT2D eigenvalue weighted by atomic mass is 19.3. The molecule has 0 amide bonds. The van der Waals surface area contributed by atoms with E-state index in [1.807, 2.05) is 30.5 Å². The van der Waals surface area contributed by atoms with Crippen LogP contribution in [0.15, 0.2) is 36.5 Å². The van der Waals surface area contributed by atoms with Crippen molar-refractivity contribution >= 4 is 0 Å². The van der Waals surface area contributed by atoms with Crippen molar-refractivity contribution in [1.82, 2.24) is 14.5 Å². The zero-order chi connectivity index (χ0) is 20.5. The Balaban J connectivity index is 1.88. The van der Waals surface area contributed by atoms with Gasteiger partial charge in [0.05, 0.1) is 24.9 Å². The lowest BCUT2D eigenvalue weighted by atomic mass is 10.1. The van der Waals surface area contributed by atoms with Crippen LogP contribution < -0.4 is 4.74 Å². The molecule has 0 radical (unpaired) electrons. The van der Waals surface area contributed by atoms with Crippen LogP contribution in [0.1, 0.15) is 18.3 Å². The maximum absolute atomic E-state index is 13.9. The standard InChI is InChI=1S/C21H20F3N3O2/c1-12-9-14(5-7-25-12)19-17-6-8-28-13(2)11-27(17)20(26-19)15-3-4-16(22)18(10-15)29-21(23)24/h3-5,7,9-10,13,21H,6,8,11H2,1-2H3/t13-/m1/s1. The number of nitrogens with zero attached hydrogens (tertiary/aromatic N) is 3.